The molecule has 0 heterocycles. The molecule has 0 aliphatic rings. The average molecular weight is 408 g/mol. The Labute approximate surface area is 173 Å². The first-order chi connectivity index (χ1) is 13.9. The van der Waals surface area contributed by atoms with Crippen molar-refractivity contribution < 1.29 is 19.1 Å². The third-order valence-electron chi connectivity index (χ3n) is 4.11. The van der Waals surface area contributed by atoms with E-state index in [0.717, 1.165) is 0 Å². The standard InChI is InChI=1S/C23H18ClNO4/c1-15(26)25-20-9-5-8-18(14-20)23(28)29-22(17-6-3-2-4-7-17)21(27)16-10-12-19(24)13-11-16/h2-14,22H,1H3,(H,25,26)/t22-/m0/s1. The van der Waals surface area contributed by atoms with Gasteiger partial charge in [0.05, 0.1) is 5.56 Å². The van der Waals surface area contributed by atoms with Crippen molar-refractivity contribution in [1.82, 2.24) is 0 Å². The van der Waals surface area contributed by atoms with E-state index in [4.69, 9.17) is 16.3 Å². The molecular formula is C23H18ClNO4. The second-order valence-electron chi connectivity index (χ2n) is 6.33. The zero-order valence-corrected chi connectivity index (χ0v) is 16.3. The summed E-state index contributed by atoms with van der Waals surface area (Å²) in [6.45, 7) is 1.38. The summed E-state index contributed by atoms with van der Waals surface area (Å²) in [7, 11) is 0. The maximum Gasteiger partial charge on any atom is 0.339 e. The van der Waals surface area contributed by atoms with Crippen LogP contribution in [0.2, 0.25) is 5.02 Å². The molecule has 0 aliphatic heterocycles. The van der Waals surface area contributed by atoms with Crippen molar-refractivity contribution in [2.24, 2.45) is 0 Å². The Morgan fingerprint density at radius 3 is 2.21 bits per heavy atom. The van der Waals surface area contributed by atoms with E-state index in [9.17, 15) is 14.4 Å². The van der Waals surface area contributed by atoms with Gasteiger partial charge in [0.15, 0.2) is 6.10 Å². The number of anilines is 1. The molecule has 3 rings (SSSR count). The van der Waals surface area contributed by atoms with Gasteiger partial charge in [-0.25, -0.2) is 4.79 Å². The molecule has 0 aromatic heterocycles. The van der Waals surface area contributed by atoms with E-state index >= 15 is 0 Å². The summed E-state index contributed by atoms with van der Waals surface area (Å²) in [5.41, 5.74) is 1.62. The number of hydrogen-bond donors (Lipinski definition) is 1. The Bertz CT molecular complexity index is 1030. The molecule has 146 valence electrons. The van der Waals surface area contributed by atoms with Gasteiger partial charge in [-0.05, 0) is 42.5 Å². The molecule has 29 heavy (non-hydrogen) atoms. The van der Waals surface area contributed by atoms with Crippen molar-refractivity contribution >= 4 is 34.9 Å². The maximum atomic E-state index is 13.1. The number of carbonyl (C=O) groups is 3. The van der Waals surface area contributed by atoms with Crippen LogP contribution in [0.5, 0.6) is 0 Å². The fourth-order valence-electron chi connectivity index (χ4n) is 2.77. The summed E-state index contributed by atoms with van der Waals surface area (Å²) in [5, 5.41) is 3.12. The lowest BCUT2D eigenvalue weighted by Gasteiger charge is -2.18. The molecule has 1 N–H and O–H groups in total. The minimum absolute atomic E-state index is 0.223. The highest BCUT2D eigenvalue weighted by molar-refractivity contribution is 6.30. The van der Waals surface area contributed by atoms with Gasteiger partial charge in [-0.3, -0.25) is 9.59 Å². The predicted molar refractivity (Wildman–Crippen MR) is 111 cm³/mol. The summed E-state index contributed by atoms with van der Waals surface area (Å²) in [5.74, 6) is -1.29. The molecule has 0 saturated heterocycles. The number of carbonyl (C=O) groups excluding carboxylic acids is 3. The van der Waals surface area contributed by atoms with Crippen LogP contribution >= 0.6 is 11.6 Å². The second kappa shape index (κ2) is 9.17. The molecule has 3 aromatic rings. The lowest BCUT2D eigenvalue weighted by molar-refractivity contribution is -0.114. The van der Waals surface area contributed by atoms with Crippen LogP contribution in [0.4, 0.5) is 5.69 Å². The third kappa shape index (κ3) is 5.30. The quantitative estimate of drug-likeness (QED) is 0.457. The molecule has 0 fully saturated rings. The number of nitrogens with one attached hydrogen (secondary N) is 1. The second-order valence-corrected chi connectivity index (χ2v) is 6.77. The molecule has 1 atom stereocenters. The lowest BCUT2D eigenvalue weighted by atomic mass is 9.99. The fourth-order valence-corrected chi connectivity index (χ4v) is 2.89. The number of halogens is 1. The topological polar surface area (TPSA) is 72.5 Å². The van der Waals surface area contributed by atoms with Gasteiger partial charge in [0.1, 0.15) is 0 Å². The molecule has 0 aliphatic carbocycles. The SMILES string of the molecule is CC(=O)Nc1cccc(C(=O)O[C@H](C(=O)c2ccc(Cl)cc2)c2ccccc2)c1. The third-order valence-corrected chi connectivity index (χ3v) is 4.36. The number of rotatable bonds is 6. The smallest absolute Gasteiger partial charge is 0.339 e. The Morgan fingerprint density at radius 2 is 1.55 bits per heavy atom. The van der Waals surface area contributed by atoms with E-state index in [1.807, 2.05) is 6.07 Å². The monoisotopic (exact) mass is 407 g/mol. The van der Waals surface area contributed by atoms with E-state index < -0.39 is 12.1 Å². The zero-order valence-electron chi connectivity index (χ0n) is 15.6. The molecule has 3 aromatic carbocycles. The molecule has 0 saturated carbocycles. The van der Waals surface area contributed by atoms with E-state index in [-0.39, 0.29) is 17.3 Å². The van der Waals surface area contributed by atoms with Crippen LogP contribution in [0, 0.1) is 0 Å². The summed E-state index contributed by atoms with van der Waals surface area (Å²) in [4.78, 5) is 37.1. The highest BCUT2D eigenvalue weighted by atomic mass is 35.5. The van der Waals surface area contributed by atoms with Gasteiger partial charge in [-0.2, -0.15) is 0 Å². The highest BCUT2D eigenvalue weighted by Gasteiger charge is 2.26. The first-order valence-corrected chi connectivity index (χ1v) is 9.25. The van der Waals surface area contributed by atoms with Gasteiger partial charge in [0.25, 0.3) is 0 Å². The van der Waals surface area contributed by atoms with E-state index in [1.54, 1.807) is 66.7 Å². The number of hydrogen-bond acceptors (Lipinski definition) is 4. The van der Waals surface area contributed by atoms with Crippen molar-refractivity contribution in [1.29, 1.82) is 0 Å². The number of amides is 1. The van der Waals surface area contributed by atoms with Crippen LogP contribution in [-0.4, -0.2) is 17.7 Å². The molecule has 0 unspecified atom stereocenters. The van der Waals surface area contributed by atoms with E-state index in [0.29, 0.717) is 21.8 Å². The summed E-state index contributed by atoms with van der Waals surface area (Å²) < 4.78 is 5.59. The van der Waals surface area contributed by atoms with Crippen LogP contribution in [0.15, 0.2) is 78.9 Å². The van der Waals surface area contributed by atoms with Crippen molar-refractivity contribution in [2.75, 3.05) is 5.32 Å². The minimum atomic E-state index is -1.12. The van der Waals surface area contributed by atoms with E-state index in [2.05, 4.69) is 5.32 Å². The van der Waals surface area contributed by atoms with Crippen LogP contribution in [0.3, 0.4) is 0 Å². The van der Waals surface area contributed by atoms with Crippen LogP contribution < -0.4 is 5.32 Å². The summed E-state index contributed by atoms with van der Waals surface area (Å²) in [6.07, 6.45) is -1.12. The van der Waals surface area contributed by atoms with Gasteiger partial charge >= 0.3 is 5.97 Å². The number of benzene rings is 3. The Morgan fingerprint density at radius 1 is 0.862 bits per heavy atom. The average Bonchev–Trinajstić information content (AvgIpc) is 2.72. The molecule has 5 nitrogen and oxygen atoms in total. The number of Topliss-reactive ketones (excluding diaryl/α,β-unsaturated/α-hetero) is 1. The van der Waals surface area contributed by atoms with Gasteiger partial charge in [0.2, 0.25) is 11.7 Å². The van der Waals surface area contributed by atoms with E-state index in [1.165, 1.54) is 13.0 Å². The number of ketones is 1. The van der Waals surface area contributed by atoms with Crippen molar-refractivity contribution in [2.45, 2.75) is 13.0 Å². The minimum Gasteiger partial charge on any atom is -0.445 e. The van der Waals surface area contributed by atoms with Crippen LogP contribution in [0.25, 0.3) is 0 Å². The molecule has 0 spiro atoms. The molecule has 0 bridgehead atoms. The summed E-state index contributed by atoms with van der Waals surface area (Å²) in [6, 6.07) is 21.5. The molecule has 0 radical (unpaired) electrons. The van der Waals surface area contributed by atoms with Crippen molar-refractivity contribution in [3.63, 3.8) is 0 Å². The zero-order chi connectivity index (χ0) is 20.8. The largest absolute Gasteiger partial charge is 0.445 e. The Kier molecular flexibility index (Phi) is 6.42. The molecular weight excluding hydrogens is 390 g/mol. The highest BCUT2D eigenvalue weighted by Crippen LogP contribution is 2.25. The summed E-state index contributed by atoms with van der Waals surface area (Å²) >= 11 is 5.90. The van der Waals surface area contributed by atoms with Gasteiger partial charge in [0, 0.05) is 28.8 Å². The van der Waals surface area contributed by atoms with Crippen LogP contribution in [-0.2, 0) is 9.53 Å². The molecule has 1 amide bonds. The Hall–Kier alpha value is -3.44. The lowest BCUT2D eigenvalue weighted by Crippen LogP contribution is -2.20. The number of esters is 1. The van der Waals surface area contributed by atoms with Crippen molar-refractivity contribution in [3.05, 3.63) is 101 Å². The normalized spacial score (nSPS) is 11.4. The van der Waals surface area contributed by atoms with Crippen LogP contribution in [0.1, 0.15) is 39.3 Å². The van der Waals surface area contributed by atoms with Gasteiger partial charge in [-0.15, -0.1) is 0 Å². The first kappa shape index (κ1) is 20.3. The number of ether oxygens (including phenoxy) is 1. The first-order valence-electron chi connectivity index (χ1n) is 8.87. The maximum absolute atomic E-state index is 13.1. The Balaban J connectivity index is 1.89. The van der Waals surface area contributed by atoms with Crippen molar-refractivity contribution in [3.8, 4) is 0 Å². The molecule has 6 heteroatoms. The van der Waals surface area contributed by atoms with Gasteiger partial charge < -0.3 is 10.1 Å². The fraction of sp³-hybridized carbons (Fsp3) is 0.0870. The van der Waals surface area contributed by atoms with Gasteiger partial charge in [-0.1, -0.05) is 48.0 Å². The predicted octanol–water partition coefficient (Wildman–Crippen LogP) is 5.08.